The molecule has 0 spiro atoms. The second kappa shape index (κ2) is 4.40. The summed E-state index contributed by atoms with van der Waals surface area (Å²) in [6.07, 6.45) is 1.55. The zero-order chi connectivity index (χ0) is 12.4. The maximum Gasteiger partial charge on any atom is 0.308 e. The molecule has 2 rings (SSSR count). The third-order valence-corrected chi connectivity index (χ3v) is 2.70. The molecule has 0 radical (unpaired) electrons. The Hall–Kier alpha value is -2.11. The second-order valence-corrected chi connectivity index (χ2v) is 3.77. The number of methoxy groups -OCH3 is 1. The lowest BCUT2D eigenvalue weighted by molar-refractivity contribution is -0.141. The Morgan fingerprint density at radius 1 is 1.65 bits per heavy atom. The minimum atomic E-state index is -0.962. The summed E-state index contributed by atoms with van der Waals surface area (Å²) in [5, 5.41) is 8.89. The molecule has 17 heavy (non-hydrogen) atoms. The Morgan fingerprint density at radius 3 is 3.00 bits per heavy atom. The van der Waals surface area contributed by atoms with E-state index in [2.05, 4.69) is 4.98 Å². The summed E-state index contributed by atoms with van der Waals surface area (Å²) in [5.41, 5.74) is 0. The minimum Gasteiger partial charge on any atom is -0.493 e. The van der Waals surface area contributed by atoms with Crippen LogP contribution in [0.2, 0.25) is 0 Å². The molecule has 6 heteroatoms. The second-order valence-electron chi connectivity index (χ2n) is 3.77. The highest BCUT2D eigenvalue weighted by Gasteiger charge is 2.36. The van der Waals surface area contributed by atoms with E-state index in [1.165, 1.54) is 12.0 Å². The summed E-state index contributed by atoms with van der Waals surface area (Å²) in [6.45, 7) is 0.140. The number of rotatable bonds is 3. The maximum absolute atomic E-state index is 11.7. The van der Waals surface area contributed by atoms with Gasteiger partial charge in [0.2, 0.25) is 5.91 Å². The molecular weight excluding hydrogens is 224 g/mol. The average Bonchev–Trinajstić information content (AvgIpc) is 2.71. The first-order valence-electron chi connectivity index (χ1n) is 5.15. The molecule has 0 aromatic carbocycles. The highest BCUT2D eigenvalue weighted by molar-refractivity contribution is 5.99. The lowest BCUT2D eigenvalue weighted by Crippen LogP contribution is -2.27. The first-order chi connectivity index (χ1) is 8.13. The predicted molar refractivity (Wildman–Crippen MR) is 58.9 cm³/mol. The van der Waals surface area contributed by atoms with Crippen LogP contribution in [0.25, 0.3) is 0 Å². The lowest BCUT2D eigenvalue weighted by atomic mass is 10.1. The van der Waals surface area contributed by atoms with Crippen molar-refractivity contribution in [3.63, 3.8) is 0 Å². The molecule has 1 aliphatic heterocycles. The molecule has 1 fully saturated rings. The van der Waals surface area contributed by atoms with E-state index in [-0.39, 0.29) is 18.9 Å². The molecule has 1 saturated heterocycles. The average molecular weight is 236 g/mol. The molecule has 0 saturated carbocycles. The van der Waals surface area contributed by atoms with Crippen molar-refractivity contribution < 1.29 is 19.4 Å². The molecule has 90 valence electrons. The highest BCUT2D eigenvalue weighted by atomic mass is 16.5. The van der Waals surface area contributed by atoms with E-state index in [0.717, 1.165) is 0 Å². The Bertz CT molecular complexity index is 461. The van der Waals surface area contributed by atoms with Gasteiger partial charge >= 0.3 is 5.97 Å². The van der Waals surface area contributed by atoms with Crippen molar-refractivity contribution in [2.24, 2.45) is 5.92 Å². The van der Waals surface area contributed by atoms with Gasteiger partial charge in [0, 0.05) is 19.2 Å². The standard InChI is InChI=1S/C11H12N2O4/c1-17-8-3-2-4-12-10(8)13-6-7(11(15)16)5-9(13)14/h2-4,7H,5-6H2,1H3,(H,15,16). The monoisotopic (exact) mass is 236 g/mol. The number of aromatic nitrogens is 1. The molecule has 2 heterocycles. The van der Waals surface area contributed by atoms with E-state index in [9.17, 15) is 9.59 Å². The number of carboxylic acids is 1. The fourth-order valence-corrected chi connectivity index (χ4v) is 1.82. The van der Waals surface area contributed by atoms with Gasteiger partial charge in [-0.05, 0) is 12.1 Å². The number of carbonyl (C=O) groups excluding carboxylic acids is 1. The van der Waals surface area contributed by atoms with Crippen molar-refractivity contribution in [3.05, 3.63) is 18.3 Å². The van der Waals surface area contributed by atoms with E-state index in [1.807, 2.05) is 0 Å². The number of hydrogen-bond donors (Lipinski definition) is 1. The van der Waals surface area contributed by atoms with Crippen LogP contribution in [0.1, 0.15) is 6.42 Å². The summed E-state index contributed by atoms with van der Waals surface area (Å²) < 4.78 is 5.10. The van der Waals surface area contributed by atoms with Crippen molar-refractivity contribution in [1.29, 1.82) is 0 Å². The first-order valence-corrected chi connectivity index (χ1v) is 5.15. The normalized spacial score (nSPS) is 19.5. The van der Waals surface area contributed by atoms with Crippen LogP contribution in [-0.2, 0) is 9.59 Å². The van der Waals surface area contributed by atoms with Gasteiger partial charge in [-0.3, -0.25) is 14.5 Å². The number of ether oxygens (including phenoxy) is 1. The SMILES string of the molecule is COc1cccnc1N1CC(C(=O)O)CC1=O. The quantitative estimate of drug-likeness (QED) is 0.827. The molecule has 1 amide bonds. The number of amides is 1. The molecule has 1 aromatic heterocycles. The van der Waals surface area contributed by atoms with Crippen molar-refractivity contribution in [2.45, 2.75) is 6.42 Å². The van der Waals surface area contributed by atoms with Gasteiger partial charge in [-0.1, -0.05) is 0 Å². The van der Waals surface area contributed by atoms with Gasteiger partial charge in [0.1, 0.15) is 0 Å². The van der Waals surface area contributed by atoms with E-state index in [1.54, 1.807) is 18.3 Å². The molecule has 0 bridgehead atoms. The topological polar surface area (TPSA) is 79.7 Å². The van der Waals surface area contributed by atoms with E-state index < -0.39 is 11.9 Å². The van der Waals surface area contributed by atoms with Gasteiger partial charge in [0.15, 0.2) is 11.6 Å². The third kappa shape index (κ3) is 2.06. The van der Waals surface area contributed by atoms with Crippen LogP contribution in [0, 0.1) is 5.92 Å². The summed E-state index contributed by atoms with van der Waals surface area (Å²) in [6, 6.07) is 3.38. The summed E-state index contributed by atoms with van der Waals surface area (Å²) >= 11 is 0. The largest absolute Gasteiger partial charge is 0.493 e. The van der Waals surface area contributed by atoms with E-state index in [0.29, 0.717) is 11.6 Å². The number of nitrogens with zero attached hydrogens (tertiary/aromatic N) is 2. The molecule has 1 N–H and O–H groups in total. The Balaban J connectivity index is 2.29. The maximum atomic E-state index is 11.7. The Kier molecular flexibility index (Phi) is 2.95. The fraction of sp³-hybridized carbons (Fsp3) is 0.364. The molecule has 6 nitrogen and oxygen atoms in total. The van der Waals surface area contributed by atoms with Crippen molar-refractivity contribution in [1.82, 2.24) is 4.98 Å². The highest BCUT2D eigenvalue weighted by Crippen LogP contribution is 2.30. The van der Waals surface area contributed by atoms with E-state index in [4.69, 9.17) is 9.84 Å². The van der Waals surface area contributed by atoms with Crippen molar-refractivity contribution in [3.8, 4) is 5.75 Å². The molecule has 1 unspecified atom stereocenters. The van der Waals surface area contributed by atoms with Crippen LogP contribution in [-0.4, -0.2) is 35.6 Å². The number of carbonyl (C=O) groups is 2. The van der Waals surface area contributed by atoms with Crippen LogP contribution < -0.4 is 9.64 Å². The van der Waals surface area contributed by atoms with Gasteiger partial charge < -0.3 is 9.84 Å². The van der Waals surface area contributed by atoms with Crippen LogP contribution in [0.5, 0.6) is 5.75 Å². The lowest BCUT2D eigenvalue weighted by Gasteiger charge is -2.17. The first kappa shape index (κ1) is 11.4. The van der Waals surface area contributed by atoms with Crippen molar-refractivity contribution in [2.75, 3.05) is 18.6 Å². The van der Waals surface area contributed by atoms with Gasteiger partial charge in [-0.2, -0.15) is 0 Å². The third-order valence-electron chi connectivity index (χ3n) is 2.70. The van der Waals surface area contributed by atoms with Gasteiger partial charge in [0.25, 0.3) is 0 Å². The van der Waals surface area contributed by atoms with Gasteiger partial charge in [-0.25, -0.2) is 4.98 Å². The molecule has 0 aliphatic carbocycles. The zero-order valence-corrected chi connectivity index (χ0v) is 9.29. The Morgan fingerprint density at radius 2 is 2.41 bits per heavy atom. The van der Waals surface area contributed by atoms with Gasteiger partial charge in [-0.15, -0.1) is 0 Å². The number of hydrogen-bond acceptors (Lipinski definition) is 4. The van der Waals surface area contributed by atoms with Crippen LogP contribution in [0.4, 0.5) is 5.82 Å². The molecule has 1 aromatic rings. The summed E-state index contributed by atoms with van der Waals surface area (Å²) in [7, 11) is 1.48. The predicted octanol–water partition coefficient (Wildman–Crippen LogP) is 0.528. The number of aliphatic carboxylic acids is 1. The fourth-order valence-electron chi connectivity index (χ4n) is 1.82. The zero-order valence-electron chi connectivity index (χ0n) is 9.29. The Labute approximate surface area is 97.8 Å². The number of carboxylic acid groups (broad SMARTS) is 1. The van der Waals surface area contributed by atoms with Crippen LogP contribution in [0.15, 0.2) is 18.3 Å². The molecular formula is C11H12N2O4. The molecule has 1 aliphatic rings. The smallest absolute Gasteiger partial charge is 0.308 e. The summed E-state index contributed by atoms with van der Waals surface area (Å²) in [5.74, 6) is -1.03. The van der Waals surface area contributed by atoms with Crippen molar-refractivity contribution >= 4 is 17.7 Å². The van der Waals surface area contributed by atoms with Gasteiger partial charge in [0.05, 0.1) is 13.0 Å². The number of pyridine rings is 1. The minimum absolute atomic E-state index is 0.00899. The van der Waals surface area contributed by atoms with E-state index >= 15 is 0 Å². The number of anilines is 1. The van der Waals surface area contributed by atoms with Crippen LogP contribution in [0.3, 0.4) is 0 Å². The van der Waals surface area contributed by atoms with Crippen LogP contribution >= 0.6 is 0 Å². The molecule has 1 atom stereocenters. The summed E-state index contributed by atoms with van der Waals surface area (Å²) in [4.78, 5) is 28.0.